The number of carbonyl (C=O) groups excluding carboxylic acids is 2. The Bertz CT molecular complexity index is 1050. The minimum atomic E-state index is -0.579. The lowest BCUT2D eigenvalue weighted by Gasteiger charge is -2.09. The first-order chi connectivity index (χ1) is 14.4. The molecule has 0 atom stereocenters. The fraction of sp³-hybridized carbons (Fsp3) is 0.167. The number of aryl methyl sites for hydroxylation is 2. The van der Waals surface area contributed by atoms with Crippen molar-refractivity contribution in [1.29, 1.82) is 0 Å². The van der Waals surface area contributed by atoms with Crippen molar-refractivity contribution in [2.24, 2.45) is 0 Å². The molecule has 30 heavy (non-hydrogen) atoms. The molecule has 0 aliphatic rings. The molecule has 3 aromatic carbocycles. The maximum atomic E-state index is 12.1. The number of methoxy groups -OCH3 is 1. The predicted octanol–water partition coefficient (Wildman–Crippen LogP) is 5.26. The number of nitrogens with one attached hydrogen (secondary N) is 1. The van der Waals surface area contributed by atoms with E-state index in [0.29, 0.717) is 17.0 Å². The molecule has 0 spiro atoms. The van der Waals surface area contributed by atoms with E-state index in [9.17, 15) is 9.59 Å². The van der Waals surface area contributed by atoms with Gasteiger partial charge in [-0.15, -0.1) is 0 Å². The minimum absolute atomic E-state index is 0.329. The molecule has 0 bridgehead atoms. The van der Waals surface area contributed by atoms with Crippen LogP contribution >= 0.6 is 11.8 Å². The summed E-state index contributed by atoms with van der Waals surface area (Å²) in [6.45, 7) is 3.79. The molecular weight excluding hydrogens is 398 g/mol. The summed E-state index contributed by atoms with van der Waals surface area (Å²) in [5.41, 5.74) is 3.41. The summed E-state index contributed by atoms with van der Waals surface area (Å²) in [4.78, 5) is 26.5. The van der Waals surface area contributed by atoms with Crippen LogP contribution in [0.4, 0.5) is 5.69 Å². The van der Waals surface area contributed by atoms with Crippen LogP contribution in [-0.4, -0.2) is 25.6 Å². The van der Waals surface area contributed by atoms with Crippen molar-refractivity contribution in [2.75, 3.05) is 19.0 Å². The fourth-order valence-electron chi connectivity index (χ4n) is 2.71. The van der Waals surface area contributed by atoms with E-state index in [1.54, 1.807) is 36.0 Å². The van der Waals surface area contributed by atoms with Crippen LogP contribution in [0.25, 0.3) is 0 Å². The van der Waals surface area contributed by atoms with Gasteiger partial charge in [-0.25, -0.2) is 4.79 Å². The van der Waals surface area contributed by atoms with E-state index >= 15 is 0 Å². The van der Waals surface area contributed by atoms with Gasteiger partial charge in [0.15, 0.2) is 6.61 Å². The van der Waals surface area contributed by atoms with Crippen molar-refractivity contribution in [3.8, 4) is 5.75 Å². The first kappa shape index (κ1) is 21.5. The molecule has 154 valence electrons. The van der Waals surface area contributed by atoms with Gasteiger partial charge in [0.1, 0.15) is 5.75 Å². The highest BCUT2D eigenvalue weighted by Crippen LogP contribution is 2.31. The number of esters is 1. The lowest BCUT2D eigenvalue weighted by atomic mass is 10.2. The summed E-state index contributed by atoms with van der Waals surface area (Å²) in [5.74, 6) is -0.432. The summed E-state index contributed by atoms with van der Waals surface area (Å²) in [5, 5.41) is 2.73. The van der Waals surface area contributed by atoms with Gasteiger partial charge < -0.3 is 14.8 Å². The first-order valence-corrected chi connectivity index (χ1v) is 10.2. The number of anilines is 1. The molecule has 0 aromatic heterocycles. The van der Waals surface area contributed by atoms with Crippen LogP contribution in [-0.2, 0) is 9.53 Å². The van der Waals surface area contributed by atoms with E-state index in [2.05, 4.69) is 37.4 Å². The zero-order valence-electron chi connectivity index (χ0n) is 17.1. The topological polar surface area (TPSA) is 64.6 Å². The molecule has 0 fully saturated rings. The van der Waals surface area contributed by atoms with Crippen molar-refractivity contribution in [3.63, 3.8) is 0 Å². The van der Waals surface area contributed by atoms with Gasteiger partial charge in [0.2, 0.25) is 0 Å². The zero-order chi connectivity index (χ0) is 21.5. The Morgan fingerprint density at radius 1 is 0.967 bits per heavy atom. The van der Waals surface area contributed by atoms with Crippen LogP contribution in [0.15, 0.2) is 76.5 Å². The van der Waals surface area contributed by atoms with Crippen molar-refractivity contribution >= 4 is 29.3 Å². The molecule has 0 saturated heterocycles. The van der Waals surface area contributed by atoms with Crippen LogP contribution in [0, 0.1) is 13.8 Å². The summed E-state index contributed by atoms with van der Waals surface area (Å²) < 4.78 is 10.2. The van der Waals surface area contributed by atoms with Gasteiger partial charge in [-0.2, -0.15) is 0 Å². The van der Waals surface area contributed by atoms with Gasteiger partial charge >= 0.3 is 5.97 Å². The molecule has 0 aliphatic heterocycles. The average Bonchev–Trinajstić information content (AvgIpc) is 2.76. The Kier molecular flexibility index (Phi) is 7.14. The molecule has 0 unspecified atom stereocenters. The molecule has 0 radical (unpaired) electrons. The third-order valence-corrected chi connectivity index (χ3v) is 5.52. The van der Waals surface area contributed by atoms with E-state index in [-0.39, 0.29) is 6.61 Å². The van der Waals surface area contributed by atoms with Gasteiger partial charge in [0.05, 0.1) is 12.7 Å². The third-order valence-electron chi connectivity index (χ3n) is 4.35. The van der Waals surface area contributed by atoms with Crippen LogP contribution in [0.1, 0.15) is 21.5 Å². The van der Waals surface area contributed by atoms with E-state index < -0.39 is 11.9 Å². The summed E-state index contributed by atoms with van der Waals surface area (Å²) >= 11 is 1.68. The SMILES string of the molecule is COc1cccc(C(=O)OCC(=O)Nc2ccc(Sc3cc(C)ccc3C)cc2)c1. The maximum absolute atomic E-state index is 12.1. The molecule has 6 heteroatoms. The summed E-state index contributed by atoms with van der Waals surface area (Å²) in [6, 6.07) is 20.5. The molecule has 3 rings (SSSR count). The first-order valence-electron chi connectivity index (χ1n) is 9.41. The van der Waals surface area contributed by atoms with Crippen LogP contribution < -0.4 is 10.1 Å². The Morgan fingerprint density at radius 3 is 2.47 bits per heavy atom. The van der Waals surface area contributed by atoms with E-state index in [1.807, 2.05) is 24.3 Å². The van der Waals surface area contributed by atoms with Gasteiger partial charge in [-0.05, 0) is 73.5 Å². The number of ether oxygens (including phenoxy) is 2. The highest BCUT2D eigenvalue weighted by Gasteiger charge is 2.11. The Hall–Kier alpha value is -3.25. The molecule has 1 amide bonds. The number of benzene rings is 3. The standard InChI is InChI=1S/C24H23NO4S/c1-16-7-8-17(2)22(13-16)30-21-11-9-19(10-12-21)25-23(26)15-29-24(27)18-5-4-6-20(14-18)28-3/h4-14H,15H2,1-3H3,(H,25,26). The number of amides is 1. The monoisotopic (exact) mass is 421 g/mol. The molecular formula is C24H23NO4S. The quantitative estimate of drug-likeness (QED) is 0.527. The van der Waals surface area contributed by atoms with E-state index in [1.165, 1.54) is 23.1 Å². The van der Waals surface area contributed by atoms with Gasteiger partial charge in [0.25, 0.3) is 5.91 Å². The smallest absolute Gasteiger partial charge is 0.338 e. The number of hydrogen-bond acceptors (Lipinski definition) is 5. The van der Waals surface area contributed by atoms with Crippen LogP contribution in [0.5, 0.6) is 5.75 Å². The van der Waals surface area contributed by atoms with Crippen LogP contribution in [0.2, 0.25) is 0 Å². The van der Waals surface area contributed by atoms with E-state index in [4.69, 9.17) is 9.47 Å². The molecule has 3 aromatic rings. The number of rotatable bonds is 7. The van der Waals surface area contributed by atoms with Gasteiger partial charge in [-0.3, -0.25) is 4.79 Å². The molecule has 0 saturated carbocycles. The maximum Gasteiger partial charge on any atom is 0.338 e. The molecule has 0 aliphatic carbocycles. The number of hydrogen-bond donors (Lipinski definition) is 1. The fourth-order valence-corrected chi connectivity index (χ4v) is 3.71. The molecule has 5 nitrogen and oxygen atoms in total. The van der Waals surface area contributed by atoms with Crippen molar-refractivity contribution < 1.29 is 19.1 Å². The second kappa shape index (κ2) is 9.98. The second-order valence-electron chi connectivity index (χ2n) is 6.75. The highest BCUT2D eigenvalue weighted by molar-refractivity contribution is 7.99. The Labute approximate surface area is 180 Å². The summed E-state index contributed by atoms with van der Waals surface area (Å²) in [6.07, 6.45) is 0. The van der Waals surface area contributed by atoms with Gasteiger partial charge in [-0.1, -0.05) is 30.0 Å². The normalized spacial score (nSPS) is 10.4. The Balaban J connectivity index is 1.53. The molecule has 1 N–H and O–H groups in total. The molecule has 0 heterocycles. The second-order valence-corrected chi connectivity index (χ2v) is 7.87. The van der Waals surface area contributed by atoms with Gasteiger partial charge in [0, 0.05) is 15.5 Å². The lowest BCUT2D eigenvalue weighted by molar-refractivity contribution is -0.119. The van der Waals surface area contributed by atoms with E-state index in [0.717, 1.165) is 4.90 Å². The van der Waals surface area contributed by atoms with Crippen molar-refractivity contribution in [3.05, 3.63) is 83.4 Å². The number of carbonyl (C=O) groups is 2. The minimum Gasteiger partial charge on any atom is -0.497 e. The van der Waals surface area contributed by atoms with Crippen LogP contribution in [0.3, 0.4) is 0 Å². The zero-order valence-corrected chi connectivity index (χ0v) is 17.9. The Morgan fingerprint density at radius 2 is 1.73 bits per heavy atom. The van der Waals surface area contributed by atoms with Crippen molar-refractivity contribution in [1.82, 2.24) is 0 Å². The average molecular weight is 422 g/mol. The predicted molar refractivity (Wildman–Crippen MR) is 118 cm³/mol. The lowest BCUT2D eigenvalue weighted by Crippen LogP contribution is -2.20. The van der Waals surface area contributed by atoms with Crippen molar-refractivity contribution in [2.45, 2.75) is 23.6 Å². The highest BCUT2D eigenvalue weighted by atomic mass is 32.2. The largest absolute Gasteiger partial charge is 0.497 e. The summed E-state index contributed by atoms with van der Waals surface area (Å²) in [7, 11) is 1.52. The third kappa shape index (κ3) is 5.87.